The molecule has 19 heavy (non-hydrogen) atoms. The number of ether oxygens (including phenoxy) is 1. The van der Waals surface area contributed by atoms with Crippen LogP contribution in [0.15, 0.2) is 18.2 Å². The van der Waals surface area contributed by atoms with Gasteiger partial charge in [0.2, 0.25) is 0 Å². The Kier molecular flexibility index (Phi) is 4.25. The standard InChI is InChI=1S/C12H12INO5/c13-8-2-1-7(5-10(8)15)11(16)14-3-4-19-6-9(14)12(17)18/h1-2,5,9,15H,3-4,6H2,(H,17,18). The van der Waals surface area contributed by atoms with E-state index in [1.807, 2.05) is 22.6 Å². The van der Waals surface area contributed by atoms with Gasteiger partial charge in [-0.2, -0.15) is 0 Å². The van der Waals surface area contributed by atoms with Crippen molar-refractivity contribution in [3.8, 4) is 5.75 Å². The largest absolute Gasteiger partial charge is 0.507 e. The van der Waals surface area contributed by atoms with Gasteiger partial charge in [-0.25, -0.2) is 4.79 Å². The molecule has 7 heteroatoms. The number of carboxylic acids is 1. The molecule has 1 amide bonds. The molecule has 1 heterocycles. The van der Waals surface area contributed by atoms with Gasteiger partial charge in [0.05, 0.1) is 16.8 Å². The van der Waals surface area contributed by atoms with Gasteiger partial charge >= 0.3 is 5.97 Å². The number of hydrogen-bond donors (Lipinski definition) is 2. The van der Waals surface area contributed by atoms with E-state index in [1.165, 1.54) is 11.0 Å². The number of phenols is 1. The van der Waals surface area contributed by atoms with E-state index < -0.39 is 17.9 Å². The average molecular weight is 377 g/mol. The average Bonchev–Trinajstić information content (AvgIpc) is 2.41. The Labute approximate surface area is 123 Å². The monoisotopic (exact) mass is 377 g/mol. The van der Waals surface area contributed by atoms with Crippen LogP contribution in [0.5, 0.6) is 5.75 Å². The molecule has 1 aliphatic rings. The molecule has 0 spiro atoms. The lowest BCUT2D eigenvalue weighted by molar-refractivity contribution is -0.147. The zero-order chi connectivity index (χ0) is 14.0. The smallest absolute Gasteiger partial charge is 0.328 e. The third kappa shape index (κ3) is 2.98. The normalized spacial score (nSPS) is 19.2. The molecule has 1 unspecified atom stereocenters. The Morgan fingerprint density at radius 3 is 2.79 bits per heavy atom. The molecule has 0 aromatic heterocycles. The van der Waals surface area contributed by atoms with Crippen LogP contribution in [-0.2, 0) is 9.53 Å². The Hall–Kier alpha value is -1.35. The first-order chi connectivity index (χ1) is 9.00. The highest BCUT2D eigenvalue weighted by molar-refractivity contribution is 14.1. The van der Waals surface area contributed by atoms with Crippen molar-refractivity contribution in [3.05, 3.63) is 27.3 Å². The van der Waals surface area contributed by atoms with Crippen molar-refractivity contribution < 1.29 is 24.5 Å². The number of benzene rings is 1. The highest BCUT2D eigenvalue weighted by Crippen LogP contribution is 2.22. The number of carbonyl (C=O) groups is 2. The minimum absolute atomic E-state index is 0.00610. The zero-order valence-corrected chi connectivity index (χ0v) is 12.0. The first kappa shape index (κ1) is 14.1. The van der Waals surface area contributed by atoms with Crippen LogP contribution in [0.2, 0.25) is 0 Å². The number of nitrogens with zero attached hydrogens (tertiary/aromatic N) is 1. The highest BCUT2D eigenvalue weighted by atomic mass is 127. The number of morpholine rings is 1. The molecule has 0 aliphatic carbocycles. The summed E-state index contributed by atoms with van der Waals surface area (Å²) in [7, 11) is 0. The summed E-state index contributed by atoms with van der Waals surface area (Å²) >= 11 is 1.94. The molecule has 0 saturated carbocycles. The third-order valence-corrected chi connectivity index (χ3v) is 3.78. The van der Waals surface area contributed by atoms with Crippen molar-refractivity contribution in [1.82, 2.24) is 4.90 Å². The van der Waals surface area contributed by atoms with Gasteiger partial charge in [-0.15, -0.1) is 0 Å². The summed E-state index contributed by atoms with van der Waals surface area (Å²) in [5, 5.41) is 18.7. The minimum atomic E-state index is -1.09. The summed E-state index contributed by atoms with van der Waals surface area (Å²) in [5.41, 5.74) is 0.270. The van der Waals surface area contributed by atoms with Gasteiger partial charge in [-0.05, 0) is 40.8 Å². The second-order valence-corrected chi connectivity index (χ2v) is 5.26. The number of carbonyl (C=O) groups excluding carboxylic acids is 1. The Balaban J connectivity index is 2.26. The fourth-order valence-corrected chi connectivity index (χ4v) is 2.20. The number of aromatic hydroxyl groups is 1. The van der Waals surface area contributed by atoms with E-state index in [0.717, 1.165) is 0 Å². The second kappa shape index (κ2) is 5.74. The van der Waals surface area contributed by atoms with E-state index in [0.29, 0.717) is 10.2 Å². The van der Waals surface area contributed by atoms with Crippen molar-refractivity contribution in [2.75, 3.05) is 19.8 Å². The molecular formula is C12H12INO5. The van der Waals surface area contributed by atoms with Gasteiger partial charge in [-0.1, -0.05) is 0 Å². The van der Waals surface area contributed by atoms with Gasteiger partial charge < -0.3 is 19.8 Å². The van der Waals surface area contributed by atoms with Gasteiger partial charge in [0.15, 0.2) is 6.04 Å². The number of amides is 1. The first-order valence-corrected chi connectivity index (χ1v) is 6.68. The predicted octanol–water partition coefficient (Wildman–Crippen LogP) is 0.922. The number of phenolic OH excluding ortho intramolecular Hbond substituents is 1. The molecule has 1 saturated heterocycles. The molecular weight excluding hydrogens is 365 g/mol. The van der Waals surface area contributed by atoms with E-state index in [2.05, 4.69) is 0 Å². The predicted molar refractivity (Wildman–Crippen MR) is 74.1 cm³/mol. The SMILES string of the molecule is O=C(O)C1COCCN1C(=O)c1ccc(I)c(O)c1. The zero-order valence-electron chi connectivity index (χ0n) is 9.88. The summed E-state index contributed by atoms with van der Waals surface area (Å²) in [5.74, 6) is -1.50. The summed E-state index contributed by atoms with van der Waals surface area (Å²) in [6, 6.07) is 3.54. The molecule has 1 aromatic carbocycles. The molecule has 1 aliphatic heterocycles. The number of halogens is 1. The van der Waals surface area contributed by atoms with Crippen LogP contribution in [0.3, 0.4) is 0 Å². The second-order valence-electron chi connectivity index (χ2n) is 4.09. The van der Waals surface area contributed by atoms with Crippen molar-refractivity contribution >= 4 is 34.5 Å². The molecule has 0 bridgehead atoms. The van der Waals surface area contributed by atoms with Crippen molar-refractivity contribution in [3.63, 3.8) is 0 Å². The number of carboxylic acid groups (broad SMARTS) is 1. The van der Waals surface area contributed by atoms with Gasteiger partial charge in [-0.3, -0.25) is 4.79 Å². The third-order valence-electron chi connectivity index (χ3n) is 2.87. The van der Waals surface area contributed by atoms with E-state index in [4.69, 9.17) is 9.84 Å². The van der Waals surface area contributed by atoms with Crippen LogP contribution in [0, 0.1) is 3.57 Å². The quantitative estimate of drug-likeness (QED) is 0.749. The molecule has 102 valence electrons. The van der Waals surface area contributed by atoms with E-state index >= 15 is 0 Å². The maximum atomic E-state index is 12.3. The van der Waals surface area contributed by atoms with E-state index in [-0.39, 0.29) is 24.5 Å². The summed E-state index contributed by atoms with van der Waals surface area (Å²) in [4.78, 5) is 24.6. The van der Waals surface area contributed by atoms with Crippen LogP contribution in [0.25, 0.3) is 0 Å². The van der Waals surface area contributed by atoms with Gasteiger partial charge in [0, 0.05) is 12.1 Å². The summed E-state index contributed by atoms with van der Waals surface area (Å²) in [6.45, 7) is 0.520. The molecule has 0 radical (unpaired) electrons. The highest BCUT2D eigenvalue weighted by Gasteiger charge is 2.33. The van der Waals surface area contributed by atoms with Gasteiger partial charge in [0.25, 0.3) is 5.91 Å². The summed E-state index contributed by atoms with van der Waals surface area (Å²) in [6.07, 6.45) is 0. The fourth-order valence-electron chi connectivity index (χ4n) is 1.86. The van der Waals surface area contributed by atoms with E-state index in [1.54, 1.807) is 12.1 Å². The number of hydrogen-bond acceptors (Lipinski definition) is 4. The van der Waals surface area contributed by atoms with Crippen molar-refractivity contribution in [2.24, 2.45) is 0 Å². The Morgan fingerprint density at radius 2 is 2.16 bits per heavy atom. The van der Waals surface area contributed by atoms with Crippen LogP contribution in [0.4, 0.5) is 0 Å². The minimum Gasteiger partial charge on any atom is -0.507 e. The maximum absolute atomic E-state index is 12.3. The van der Waals surface area contributed by atoms with Crippen LogP contribution >= 0.6 is 22.6 Å². The molecule has 1 atom stereocenters. The first-order valence-electron chi connectivity index (χ1n) is 5.60. The van der Waals surface area contributed by atoms with Gasteiger partial charge in [0.1, 0.15) is 5.75 Å². The van der Waals surface area contributed by atoms with E-state index in [9.17, 15) is 14.7 Å². The maximum Gasteiger partial charge on any atom is 0.328 e. The molecule has 6 nitrogen and oxygen atoms in total. The van der Waals surface area contributed by atoms with Crippen molar-refractivity contribution in [1.29, 1.82) is 0 Å². The lowest BCUT2D eigenvalue weighted by atomic mass is 10.1. The molecule has 2 N–H and O–H groups in total. The van der Waals surface area contributed by atoms with Crippen LogP contribution < -0.4 is 0 Å². The number of rotatable bonds is 2. The fraction of sp³-hybridized carbons (Fsp3) is 0.333. The Morgan fingerprint density at radius 1 is 1.42 bits per heavy atom. The summed E-state index contributed by atoms with van der Waals surface area (Å²) < 4.78 is 5.71. The van der Waals surface area contributed by atoms with Crippen LogP contribution in [-0.4, -0.2) is 52.8 Å². The molecule has 2 rings (SSSR count). The lowest BCUT2D eigenvalue weighted by Crippen LogP contribution is -2.52. The molecule has 1 aromatic rings. The Bertz CT molecular complexity index is 519. The van der Waals surface area contributed by atoms with Crippen molar-refractivity contribution in [2.45, 2.75) is 6.04 Å². The lowest BCUT2D eigenvalue weighted by Gasteiger charge is -2.32. The number of aliphatic carboxylic acids is 1. The topological polar surface area (TPSA) is 87.1 Å². The molecule has 1 fully saturated rings. The van der Waals surface area contributed by atoms with Crippen LogP contribution in [0.1, 0.15) is 10.4 Å².